The van der Waals surface area contributed by atoms with E-state index < -0.39 is 0 Å². The van der Waals surface area contributed by atoms with Crippen molar-refractivity contribution >= 4 is 23.0 Å². The summed E-state index contributed by atoms with van der Waals surface area (Å²) >= 11 is 0. The Morgan fingerprint density at radius 3 is 2.43 bits per heavy atom. The van der Waals surface area contributed by atoms with Gasteiger partial charge in [-0.25, -0.2) is 0 Å². The number of pyridine rings is 1. The van der Waals surface area contributed by atoms with E-state index in [4.69, 9.17) is 0 Å². The van der Waals surface area contributed by atoms with Crippen LogP contribution >= 0.6 is 0 Å². The quantitative estimate of drug-likeness (QED) is 0.766. The molecule has 0 aliphatic carbocycles. The normalized spacial score (nSPS) is 14.5. The first-order valence-electron chi connectivity index (χ1n) is 10.5. The fourth-order valence-corrected chi connectivity index (χ4v) is 3.79. The van der Waals surface area contributed by atoms with Gasteiger partial charge in [-0.3, -0.25) is 9.78 Å². The topological polar surface area (TPSA) is 48.5 Å². The van der Waals surface area contributed by atoms with Crippen molar-refractivity contribution in [1.29, 1.82) is 0 Å². The van der Waals surface area contributed by atoms with Gasteiger partial charge >= 0.3 is 0 Å². The van der Waals surface area contributed by atoms with Crippen LogP contribution in [-0.4, -0.2) is 42.0 Å². The van der Waals surface area contributed by atoms with Gasteiger partial charge in [0.25, 0.3) is 5.91 Å². The summed E-state index contributed by atoms with van der Waals surface area (Å²) in [6.07, 6.45) is 6.31. The summed E-state index contributed by atoms with van der Waals surface area (Å²) in [6, 6.07) is 10.2. The van der Waals surface area contributed by atoms with Gasteiger partial charge in [0, 0.05) is 49.4 Å². The van der Waals surface area contributed by atoms with Crippen molar-refractivity contribution in [3.8, 4) is 0 Å². The number of likely N-dealkylation sites (tertiary alicyclic amines) is 1. The fraction of sp³-hybridized carbons (Fsp3) is 0.478. The van der Waals surface area contributed by atoms with E-state index in [1.54, 1.807) is 6.20 Å². The summed E-state index contributed by atoms with van der Waals surface area (Å²) in [5.74, 6) is 0.0409. The number of hydrogen-bond acceptors (Lipinski definition) is 4. The van der Waals surface area contributed by atoms with E-state index in [2.05, 4.69) is 54.2 Å². The fourth-order valence-electron chi connectivity index (χ4n) is 3.79. The number of hydrogen-bond donors (Lipinski definition) is 1. The second-order valence-corrected chi connectivity index (χ2v) is 7.43. The highest BCUT2D eigenvalue weighted by Gasteiger charge is 2.18. The summed E-state index contributed by atoms with van der Waals surface area (Å²) in [7, 11) is 0. The standard InChI is InChI=1S/C23H32N4O/c1-4-26(5-2)20-10-11-21(18(3)16-20)25-19-12-13-24-22(17-19)23(28)27-14-8-6-7-9-15-27/h10-13,16-17H,4-9,14-15H2,1-3H3,(H,24,25). The molecule has 0 atom stereocenters. The Balaban J connectivity index is 1.74. The number of amides is 1. The molecule has 1 amide bonds. The highest BCUT2D eigenvalue weighted by molar-refractivity contribution is 5.93. The Hall–Kier alpha value is -2.56. The number of anilines is 3. The summed E-state index contributed by atoms with van der Waals surface area (Å²) in [5.41, 5.74) is 4.88. The summed E-state index contributed by atoms with van der Waals surface area (Å²) < 4.78 is 0. The molecule has 0 bridgehead atoms. The summed E-state index contributed by atoms with van der Waals surface area (Å²) in [5, 5.41) is 3.46. The molecule has 150 valence electrons. The van der Waals surface area contributed by atoms with Crippen molar-refractivity contribution < 1.29 is 4.79 Å². The minimum absolute atomic E-state index is 0.0409. The Kier molecular flexibility index (Phi) is 6.90. The van der Waals surface area contributed by atoms with Gasteiger partial charge < -0.3 is 15.1 Å². The zero-order valence-corrected chi connectivity index (χ0v) is 17.4. The van der Waals surface area contributed by atoms with Crippen LogP contribution in [0.25, 0.3) is 0 Å². The first kappa shape index (κ1) is 20.2. The highest BCUT2D eigenvalue weighted by Crippen LogP contribution is 2.26. The second-order valence-electron chi connectivity index (χ2n) is 7.43. The third kappa shape index (κ3) is 4.83. The number of nitrogens with zero attached hydrogens (tertiary/aromatic N) is 3. The van der Waals surface area contributed by atoms with Crippen LogP contribution < -0.4 is 10.2 Å². The lowest BCUT2D eigenvalue weighted by Gasteiger charge is -2.22. The monoisotopic (exact) mass is 380 g/mol. The minimum Gasteiger partial charge on any atom is -0.372 e. The largest absolute Gasteiger partial charge is 0.372 e. The van der Waals surface area contributed by atoms with Gasteiger partial charge in [0.15, 0.2) is 0 Å². The molecule has 3 rings (SSSR count). The zero-order valence-electron chi connectivity index (χ0n) is 17.4. The SMILES string of the molecule is CCN(CC)c1ccc(Nc2ccnc(C(=O)N3CCCCCC3)c2)c(C)c1. The van der Waals surface area contributed by atoms with E-state index in [-0.39, 0.29) is 5.91 Å². The number of aromatic nitrogens is 1. The molecule has 2 heterocycles. The van der Waals surface area contributed by atoms with E-state index in [1.165, 1.54) is 24.1 Å². The molecule has 2 aromatic rings. The summed E-state index contributed by atoms with van der Waals surface area (Å²) in [4.78, 5) is 21.5. The van der Waals surface area contributed by atoms with Crippen LogP contribution in [0, 0.1) is 6.92 Å². The maximum Gasteiger partial charge on any atom is 0.272 e. The lowest BCUT2D eigenvalue weighted by atomic mass is 10.1. The smallest absolute Gasteiger partial charge is 0.272 e. The number of carbonyl (C=O) groups is 1. The molecule has 0 radical (unpaired) electrons. The van der Waals surface area contributed by atoms with Gasteiger partial charge in [-0.05, 0) is 69.5 Å². The van der Waals surface area contributed by atoms with Crippen molar-refractivity contribution in [2.24, 2.45) is 0 Å². The Morgan fingerprint density at radius 2 is 1.79 bits per heavy atom. The van der Waals surface area contributed by atoms with Gasteiger partial charge in [-0.1, -0.05) is 12.8 Å². The molecule has 1 fully saturated rings. The summed E-state index contributed by atoms with van der Waals surface area (Å²) in [6.45, 7) is 10.1. The van der Waals surface area contributed by atoms with Crippen molar-refractivity contribution in [2.45, 2.75) is 46.5 Å². The third-order valence-electron chi connectivity index (χ3n) is 5.49. The molecular weight excluding hydrogens is 348 g/mol. The average Bonchev–Trinajstić information content (AvgIpc) is 3.00. The minimum atomic E-state index is 0.0409. The Labute approximate surface area is 168 Å². The molecule has 0 saturated carbocycles. The number of carbonyl (C=O) groups excluding carboxylic acids is 1. The van der Waals surface area contributed by atoms with E-state index >= 15 is 0 Å². The number of aryl methyl sites for hydroxylation is 1. The zero-order chi connectivity index (χ0) is 19.9. The number of benzene rings is 1. The van der Waals surface area contributed by atoms with Gasteiger partial charge in [0.1, 0.15) is 5.69 Å². The molecule has 1 N–H and O–H groups in total. The van der Waals surface area contributed by atoms with Crippen LogP contribution in [0.3, 0.4) is 0 Å². The van der Waals surface area contributed by atoms with Crippen LogP contribution in [-0.2, 0) is 0 Å². The van der Waals surface area contributed by atoms with Crippen LogP contribution in [0.5, 0.6) is 0 Å². The number of nitrogens with one attached hydrogen (secondary N) is 1. The molecule has 1 aliphatic rings. The van der Waals surface area contributed by atoms with Crippen molar-refractivity contribution in [3.63, 3.8) is 0 Å². The molecule has 28 heavy (non-hydrogen) atoms. The van der Waals surface area contributed by atoms with Crippen LogP contribution in [0.1, 0.15) is 55.6 Å². The molecule has 1 aromatic carbocycles. The van der Waals surface area contributed by atoms with Crippen molar-refractivity contribution in [2.75, 3.05) is 36.4 Å². The highest BCUT2D eigenvalue weighted by atomic mass is 16.2. The van der Waals surface area contributed by atoms with Gasteiger partial charge in [0.2, 0.25) is 0 Å². The molecule has 5 heteroatoms. The lowest BCUT2D eigenvalue weighted by molar-refractivity contribution is 0.0756. The molecule has 1 aromatic heterocycles. The van der Waals surface area contributed by atoms with E-state index in [0.29, 0.717) is 5.69 Å². The van der Waals surface area contributed by atoms with E-state index in [9.17, 15) is 4.79 Å². The molecule has 1 saturated heterocycles. The Morgan fingerprint density at radius 1 is 1.07 bits per heavy atom. The maximum atomic E-state index is 12.8. The Bertz CT molecular complexity index is 793. The molecular formula is C23H32N4O. The van der Waals surface area contributed by atoms with Crippen LogP contribution in [0.4, 0.5) is 17.1 Å². The van der Waals surface area contributed by atoms with Gasteiger partial charge in [0.05, 0.1) is 0 Å². The van der Waals surface area contributed by atoms with Crippen LogP contribution in [0.2, 0.25) is 0 Å². The maximum absolute atomic E-state index is 12.8. The van der Waals surface area contributed by atoms with E-state index in [0.717, 1.165) is 50.4 Å². The van der Waals surface area contributed by atoms with Crippen LogP contribution in [0.15, 0.2) is 36.5 Å². The first-order valence-corrected chi connectivity index (χ1v) is 10.5. The molecule has 5 nitrogen and oxygen atoms in total. The van der Waals surface area contributed by atoms with Crippen molar-refractivity contribution in [3.05, 3.63) is 47.8 Å². The molecule has 0 spiro atoms. The molecule has 1 aliphatic heterocycles. The molecule has 0 unspecified atom stereocenters. The predicted octanol–water partition coefficient (Wildman–Crippen LogP) is 5.00. The van der Waals surface area contributed by atoms with E-state index in [1.807, 2.05) is 17.0 Å². The van der Waals surface area contributed by atoms with Gasteiger partial charge in [-0.2, -0.15) is 0 Å². The first-order chi connectivity index (χ1) is 13.6. The predicted molar refractivity (Wildman–Crippen MR) is 117 cm³/mol. The van der Waals surface area contributed by atoms with Gasteiger partial charge in [-0.15, -0.1) is 0 Å². The van der Waals surface area contributed by atoms with Crippen molar-refractivity contribution in [1.82, 2.24) is 9.88 Å². The second kappa shape index (κ2) is 9.58. The average molecular weight is 381 g/mol. The third-order valence-corrected chi connectivity index (χ3v) is 5.49. The lowest BCUT2D eigenvalue weighted by Crippen LogP contribution is -2.32. The number of rotatable bonds is 6.